The van der Waals surface area contributed by atoms with Gasteiger partial charge in [0.2, 0.25) is 0 Å². The van der Waals surface area contributed by atoms with Crippen LogP contribution in [0.1, 0.15) is 42.6 Å². The first-order valence-corrected chi connectivity index (χ1v) is 7.88. The molecule has 1 saturated carbocycles. The molecule has 6 heteroatoms. The summed E-state index contributed by atoms with van der Waals surface area (Å²) in [5.41, 5.74) is 1.33. The molecule has 1 fully saturated rings. The molecule has 0 spiro atoms. The normalized spacial score (nSPS) is 14.6. The molecule has 0 atom stereocenters. The maximum atomic E-state index is 12.2. The van der Waals surface area contributed by atoms with E-state index in [0.29, 0.717) is 17.6 Å². The van der Waals surface area contributed by atoms with E-state index in [1.807, 2.05) is 19.1 Å². The highest BCUT2D eigenvalue weighted by Crippen LogP contribution is 2.27. The highest BCUT2D eigenvalue weighted by molar-refractivity contribution is 5.63. The maximum absolute atomic E-state index is 12.2. The molecule has 6 nitrogen and oxygen atoms in total. The Balaban J connectivity index is 1.93. The van der Waals surface area contributed by atoms with Gasteiger partial charge < -0.3 is 10.3 Å². The Bertz CT molecular complexity index is 799. The van der Waals surface area contributed by atoms with Gasteiger partial charge in [-0.15, -0.1) is 0 Å². The predicted molar refractivity (Wildman–Crippen MR) is 87.5 cm³/mol. The van der Waals surface area contributed by atoms with Gasteiger partial charge in [0, 0.05) is 12.6 Å². The molecule has 0 bridgehead atoms. The molecule has 1 aliphatic carbocycles. The molecule has 0 aromatic carbocycles. The van der Waals surface area contributed by atoms with Gasteiger partial charge >= 0.3 is 0 Å². The second-order valence-corrected chi connectivity index (χ2v) is 6.02. The minimum absolute atomic E-state index is 0.00317. The second-order valence-electron chi connectivity index (χ2n) is 6.02. The van der Waals surface area contributed by atoms with Gasteiger partial charge in [-0.3, -0.25) is 9.78 Å². The molecule has 0 unspecified atom stereocenters. The number of aryl methyl sites for hydroxylation is 1. The van der Waals surface area contributed by atoms with Gasteiger partial charge in [-0.1, -0.05) is 25.7 Å². The average Bonchev–Trinajstić information content (AvgIpc) is 3.02. The fourth-order valence-corrected chi connectivity index (χ4v) is 3.02. The van der Waals surface area contributed by atoms with Crippen molar-refractivity contribution in [2.45, 2.75) is 39.0 Å². The van der Waals surface area contributed by atoms with Crippen LogP contribution in [0.5, 0.6) is 0 Å². The molecule has 0 amide bonds. The number of H-pyrrole nitrogens is 1. The van der Waals surface area contributed by atoms with E-state index < -0.39 is 0 Å². The summed E-state index contributed by atoms with van der Waals surface area (Å²) >= 11 is 0. The Morgan fingerprint density at radius 2 is 2.22 bits per heavy atom. The molecule has 23 heavy (non-hydrogen) atoms. The van der Waals surface area contributed by atoms with Crippen molar-refractivity contribution in [1.29, 1.82) is 5.26 Å². The van der Waals surface area contributed by atoms with Crippen LogP contribution in [0.3, 0.4) is 0 Å². The lowest BCUT2D eigenvalue weighted by molar-refractivity contribution is 0.529. The van der Waals surface area contributed by atoms with E-state index in [2.05, 4.69) is 20.3 Å². The van der Waals surface area contributed by atoms with Gasteiger partial charge in [0.1, 0.15) is 11.9 Å². The number of hydrogen-bond donors (Lipinski definition) is 2. The zero-order valence-corrected chi connectivity index (χ0v) is 13.1. The summed E-state index contributed by atoms with van der Waals surface area (Å²) in [7, 11) is 0. The molecule has 1 aliphatic rings. The summed E-state index contributed by atoms with van der Waals surface area (Å²) < 4.78 is 0. The Morgan fingerprint density at radius 3 is 2.91 bits per heavy atom. The molecule has 0 aliphatic heterocycles. The molecule has 0 radical (unpaired) electrons. The van der Waals surface area contributed by atoms with Crippen LogP contribution >= 0.6 is 0 Å². The first-order valence-electron chi connectivity index (χ1n) is 7.88. The molecule has 118 valence electrons. The molecule has 2 heterocycles. The van der Waals surface area contributed by atoms with Crippen molar-refractivity contribution in [3.8, 4) is 6.07 Å². The summed E-state index contributed by atoms with van der Waals surface area (Å²) in [4.78, 5) is 23.5. The van der Waals surface area contributed by atoms with Crippen molar-refractivity contribution in [2.75, 3.05) is 5.32 Å². The van der Waals surface area contributed by atoms with E-state index in [1.165, 1.54) is 25.7 Å². The summed E-state index contributed by atoms with van der Waals surface area (Å²) in [5, 5.41) is 12.3. The largest absolute Gasteiger partial charge is 0.337 e. The first kappa shape index (κ1) is 15.2. The number of anilines is 2. The Hall–Kier alpha value is -2.68. The third-order valence-corrected chi connectivity index (χ3v) is 4.33. The van der Waals surface area contributed by atoms with E-state index in [-0.39, 0.29) is 11.1 Å². The quantitative estimate of drug-likeness (QED) is 0.905. The minimum Gasteiger partial charge on any atom is -0.337 e. The summed E-state index contributed by atoms with van der Waals surface area (Å²) in [5.74, 6) is 1.52. The van der Waals surface area contributed by atoms with Crippen LogP contribution in [-0.4, -0.2) is 15.0 Å². The third-order valence-electron chi connectivity index (χ3n) is 4.33. The number of nitriles is 1. The van der Waals surface area contributed by atoms with E-state index in [0.717, 1.165) is 17.7 Å². The third kappa shape index (κ3) is 3.39. The molecular formula is C17H19N5O. The van der Waals surface area contributed by atoms with Crippen LogP contribution < -0.4 is 10.9 Å². The highest BCUT2D eigenvalue weighted by Gasteiger charge is 2.19. The number of nitrogens with one attached hydrogen (secondary N) is 2. The van der Waals surface area contributed by atoms with Gasteiger partial charge in [0.05, 0.1) is 11.9 Å². The zero-order valence-electron chi connectivity index (χ0n) is 13.1. The van der Waals surface area contributed by atoms with E-state index >= 15 is 0 Å². The number of aromatic nitrogens is 3. The first-order chi connectivity index (χ1) is 11.2. The average molecular weight is 309 g/mol. The topological polar surface area (TPSA) is 94.5 Å². The number of hydrogen-bond acceptors (Lipinski definition) is 5. The van der Waals surface area contributed by atoms with Crippen molar-refractivity contribution in [1.82, 2.24) is 15.0 Å². The molecular weight excluding hydrogens is 290 g/mol. The molecule has 2 aromatic heterocycles. The van der Waals surface area contributed by atoms with E-state index in [4.69, 9.17) is 0 Å². The lowest BCUT2D eigenvalue weighted by Gasteiger charge is -2.12. The standard InChI is InChI=1S/C17H19N5O/c1-11-6-7-19-10-14(11)20-16-13(9-18)17(23)22-15(21-16)8-12-4-2-3-5-12/h6-7,10,12H,2-5,8H2,1H3,(H2,20,21,22,23). The van der Waals surface area contributed by atoms with Crippen LogP contribution in [0.2, 0.25) is 0 Å². The van der Waals surface area contributed by atoms with E-state index in [9.17, 15) is 10.1 Å². The van der Waals surface area contributed by atoms with Gasteiger partial charge in [-0.25, -0.2) is 4.98 Å². The Morgan fingerprint density at radius 1 is 1.43 bits per heavy atom. The van der Waals surface area contributed by atoms with Gasteiger partial charge in [-0.2, -0.15) is 5.26 Å². The van der Waals surface area contributed by atoms with E-state index in [1.54, 1.807) is 12.4 Å². The number of rotatable bonds is 4. The molecule has 2 aromatic rings. The van der Waals surface area contributed by atoms with Crippen LogP contribution in [0, 0.1) is 24.2 Å². The molecule has 0 saturated heterocycles. The fourth-order valence-electron chi connectivity index (χ4n) is 3.02. The maximum Gasteiger partial charge on any atom is 0.271 e. The van der Waals surface area contributed by atoms with Crippen molar-refractivity contribution >= 4 is 11.5 Å². The lowest BCUT2D eigenvalue weighted by Crippen LogP contribution is -2.19. The van der Waals surface area contributed by atoms with Crippen LogP contribution in [0.4, 0.5) is 11.5 Å². The SMILES string of the molecule is Cc1ccncc1Nc1nc(CC2CCCC2)[nH]c(=O)c1C#N. The van der Waals surface area contributed by atoms with Crippen LogP contribution in [0.15, 0.2) is 23.3 Å². The van der Waals surface area contributed by atoms with Gasteiger partial charge in [0.25, 0.3) is 5.56 Å². The minimum atomic E-state index is -0.389. The van der Waals surface area contributed by atoms with Crippen LogP contribution in [0.25, 0.3) is 0 Å². The summed E-state index contributed by atoms with van der Waals surface area (Å²) in [6, 6.07) is 3.80. The summed E-state index contributed by atoms with van der Waals surface area (Å²) in [6.45, 7) is 1.93. The van der Waals surface area contributed by atoms with Crippen molar-refractivity contribution in [2.24, 2.45) is 5.92 Å². The highest BCUT2D eigenvalue weighted by atomic mass is 16.1. The lowest BCUT2D eigenvalue weighted by atomic mass is 10.0. The zero-order chi connectivity index (χ0) is 16.2. The van der Waals surface area contributed by atoms with Crippen molar-refractivity contribution < 1.29 is 0 Å². The number of pyridine rings is 1. The van der Waals surface area contributed by atoms with Gasteiger partial charge in [0.15, 0.2) is 11.4 Å². The number of nitrogens with zero attached hydrogens (tertiary/aromatic N) is 3. The van der Waals surface area contributed by atoms with Crippen LogP contribution in [-0.2, 0) is 6.42 Å². The monoisotopic (exact) mass is 309 g/mol. The smallest absolute Gasteiger partial charge is 0.271 e. The predicted octanol–water partition coefficient (Wildman–Crippen LogP) is 2.82. The fraction of sp³-hybridized carbons (Fsp3) is 0.412. The summed E-state index contributed by atoms with van der Waals surface area (Å²) in [6.07, 6.45) is 8.94. The van der Waals surface area contributed by atoms with Crippen molar-refractivity contribution in [3.63, 3.8) is 0 Å². The Labute approximate surface area is 134 Å². The van der Waals surface area contributed by atoms with Gasteiger partial charge in [-0.05, 0) is 24.5 Å². The second kappa shape index (κ2) is 6.61. The number of aromatic amines is 1. The Kier molecular flexibility index (Phi) is 4.38. The molecule has 3 rings (SSSR count). The molecule has 2 N–H and O–H groups in total. The van der Waals surface area contributed by atoms with Crippen molar-refractivity contribution in [3.05, 3.63) is 45.8 Å².